The number of sulfonamides is 1. The number of benzene rings is 3. The second-order valence-electron chi connectivity index (χ2n) is 6.64. The van der Waals surface area contributed by atoms with Crippen molar-refractivity contribution < 1.29 is 8.42 Å². The number of hydrogen-bond acceptors (Lipinski definition) is 3. The summed E-state index contributed by atoms with van der Waals surface area (Å²) in [6.45, 7) is 4.21. The first-order valence-corrected chi connectivity index (χ1v) is 10.4. The number of hydrogen-bond donors (Lipinski definition) is 2. The van der Waals surface area contributed by atoms with Gasteiger partial charge < -0.3 is 5.32 Å². The van der Waals surface area contributed by atoms with Crippen LogP contribution in [-0.2, 0) is 10.0 Å². The van der Waals surface area contributed by atoms with E-state index in [9.17, 15) is 8.42 Å². The summed E-state index contributed by atoms with van der Waals surface area (Å²) in [6, 6.07) is 24.6. The normalized spacial score (nSPS) is 12.5. The first-order valence-electron chi connectivity index (χ1n) is 8.88. The monoisotopic (exact) mass is 380 g/mol. The highest BCUT2D eigenvalue weighted by Gasteiger charge is 2.18. The van der Waals surface area contributed by atoms with Crippen LogP contribution in [0.2, 0.25) is 0 Å². The van der Waals surface area contributed by atoms with Crippen LogP contribution in [0, 0.1) is 13.8 Å². The Kier molecular flexibility index (Phi) is 5.94. The molecule has 0 bridgehead atoms. The Bertz CT molecular complexity index is 967. The van der Waals surface area contributed by atoms with E-state index in [4.69, 9.17) is 0 Å². The van der Waals surface area contributed by atoms with Gasteiger partial charge in [-0.3, -0.25) is 0 Å². The minimum absolute atomic E-state index is 0.186. The topological polar surface area (TPSA) is 58.2 Å². The van der Waals surface area contributed by atoms with Crippen LogP contribution in [0.5, 0.6) is 0 Å². The van der Waals surface area contributed by atoms with E-state index in [1.54, 1.807) is 24.3 Å². The molecular weight excluding hydrogens is 356 g/mol. The molecule has 0 heterocycles. The lowest BCUT2D eigenvalue weighted by atomic mass is 10.1. The van der Waals surface area contributed by atoms with Crippen LogP contribution < -0.4 is 10.0 Å². The third kappa shape index (κ3) is 5.18. The van der Waals surface area contributed by atoms with E-state index in [0.717, 1.165) is 16.8 Å². The Balaban J connectivity index is 1.79. The molecule has 1 unspecified atom stereocenters. The Morgan fingerprint density at radius 1 is 0.778 bits per heavy atom. The van der Waals surface area contributed by atoms with E-state index in [-0.39, 0.29) is 17.5 Å². The molecule has 0 aliphatic heterocycles. The van der Waals surface area contributed by atoms with Gasteiger partial charge in [0, 0.05) is 12.2 Å². The first-order chi connectivity index (χ1) is 12.9. The van der Waals surface area contributed by atoms with Gasteiger partial charge in [-0.25, -0.2) is 13.1 Å². The smallest absolute Gasteiger partial charge is 0.240 e. The fourth-order valence-electron chi connectivity index (χ4n) is 2.78. The van der Waals surface area contributed by atoms with Crippen molar-refractivity contribution in [3.63, 3.8) is 0 Å². The van der Waals surface area contributed by atoms with Gasteiger partial charge in [0.05, 0.1) is 10.9 Å². The van der Waals surface area contributed by atoms with Crippen LogP contribution in [0.25, 0.3) is 0 Å². The van der Waals surface area contributed by atoms with E-state index < -0.39 is 10.0 Å². The quantitative estimate of drug-likeness (QED) is 0.637. The van der Waals surface area contributed by atoms with E-state index in [1.165, 1.54) is 5.56 Å². The molecule has 0 aliphatic carbocycles. The highest BCUT2D eigenvalue weighted by atomic mass is 32.2. The van der Waals surface area contributed by atoms with Gasteiger partial charge in [0.15, 0.2) is 0 Å². The van der Waals surface area contributed by atoms with E-state index in [0.29, 0.717) is 0 Å². The van der Waals surface area contributed by atoms with Crippen LogP contribution >= 0.6 is 0 Å². The van der Waals surface area contributed by atoms with Crippen molar-refractivity contribution in [2.45, 2.75) is 24.8 Å². The molecule has 2 N–H and O–H groups in total. The molecule has 1 atom stereocenters. The molecular formula is C22H24N2O2S. The maximum absolute atomic E-state index is 12.6. The fraction of sp³-hybridized carbons (Fsp3) is 0.182. The lowest BCUT2D eigenvalue weighted by Crippen LogP contribution is -2.31. The van der Waals surface area contributed by atoms with Gasteiger partial charge in [0.2, 0.25) is 10.0 Å². The lowest BCUT2D eigenvalue weighted by Gasteiger charge is -2.21. The Hall–Kier alpha value is -2.63. The number of nitrogens with one attached hydrogen (secondary N) is 2. The number of aryl methyl sites for hydroxylation is 2. The van der Waals surface area contributed by atoms with Gasteiger partial charge in [-0.2, -0.15) is 0 Å². The fourth-order valence-corrected chi connectivity index (χ4v) is 3.83. The summed E-state index contributed by atoms with van der Waals surface area (Å²) in [5.74, 6) is 0. The second-order valence-corrected chi connectivity index (χ2v) is 8.41. The van der Waals surface area contributed by atoms with Crippen LogP contribution in [0.4, 0.5) is 5.69 Å². The average molecular weight is 381 g/mol. The molecule has 0 radical (unpaired) electrons. The van der Waals surface area contributed by atoms with Crippen molar-refractivity contribution in [3.05, 3.63) is 95.6 Å². The van der Waals surface area contributed by atoms with Gasteiger partial charge in [0.25, 0.3) is 0 Å². The van der Waals surface area contributed by atoms with Gasteiger partial charge in [0.1, 0.15) is 0 Å². The van der Waals surface area contributed by atoms with Gasteiger partial charge in [-0.05, 0) is 43.7 Å². The molecule has 3 aromatic carbocycles. The molecule has 0 spiro atoms. The summed E-state index contributed by atoms with van der Waals surface area (Å²) >= 11 is 0. The standard InChI is InChI=1S/C22H24N2O2S/c1-17-8-12-20(13-9-17)24-22(19-6-4-3-5-7-19)16-23-27(25,26)21-14-10-18(2)11-15-21/h3-15,22-24H,16H2,1-2H3. The highest BCUT2D eigenvalue weighted by molar-refractivity contribution is 7.89. The first kappa shape index (κ1) is 19.1. The zero-order valence-electron chi connectivity index (χ0n) is 15.5. The molecule has 0 aliphatic rings. The summed E-state index contributed by atoms with van der Waals surface area (Å²) in [4.78, 5) is 0.273. The summed E-state index contributed by atoms with van der Waals surface area (Å²) in [6.07, 6.45) is 0. The summed E-state index contributed by atoms with van der Waals surface area (Å²) in [5.41, 5.74) is 4.17. The summed E-state index contributed by atoms with van der Waals surface area (Å²) in [7, 11) is -3.57. The summed E-state index contributed by atoms with van der Waals surface area (Å²) in [5, 5.41) is 3.43. The molecule has 0 saturated carbocycles. The second kappa shape index (κ2) is 8.37. The largest absolute Gasteiger partial charge is 0.377 e. The third-order valence-electron chi connectivity index (χ3n) is 4.40. The Labute approximate surface area is 161 Å². The SMILES string of the molecule is Cc1ccc(NC(CNS(=O)(=O)c2ccc(C)cc2)c2ccccc2)cc1. The molecule has 0 amide bonds. The van der Waals surface area contributed by atoms with Crippen molar-refractivity contribution in [3.8, 4) is 0 Å². The maximum atomic E-state index is 12.6. The predicted octanol–water partition coefficient (Wildman–Crippen LogP) is 4.44. The minimum atomic E-state index is -3.57. The van der Waals surface area contributed by atoms with E-state index >= 15 is 0 Å². The van der Waals surface area contributed by atoms with Crippen LogP contribution in [0.1, 0.15) is 22.7 Å². The molecule has 0 saturated heterocycles. The van der Waals surface area contributed by atoms with Crippen molar-refractivity contribution in [2.24, 2.45) is 0 Å². The minimum Gasteiger partial charge on any atom is -0.377 e. The van der Waals surface area contributed by atoms with Crippen molar-refractivity contribution in [1.82, 2.24) is 4.72 Å². The molecule has 3 rings (SSSR count). The number of rotatable bonds is 7. The van der Waals surface area contributed by atoms with Gasteiger partial charge in [-0.1, -0.05) is 65.7 Å². The molecule has 0 fully saturated rings. The maximum Gasteiger partial charge on any atom is 0.240 e. The number of anilines is 1. The average Bonchev–Trinajstić information content (AvgIpc) is 2.68. The molecule has 140 valence electrons. The summed E-state index contributed by atoms with van der Waals surface area (Å²) < 4.78 is 28.0. The van der Waals surface area contributed by atoms with E-state index in [1.807, 2.05) is 68.4 Å². The van der Waals surface area contributed by atoms with Gasteiger partial charge >= 0.3 is 0 Å². The molecule has 3 aromatic rings. The molecule has 4 nitrogen and oxygen atoms in total. The highest BCUT2D eigenvalue weighted by Crippen LogP contribution is 2.20. The third-order valence-corrected chi connectivity index (χ3v) is 5.84. The molecule has 0 aromatic heterocycles. The van der Waals surface area contributed by atoms with Crippen LogP contribution in [0.3, 0.4) is 0 Å². The Morgan fingerprint density at radius 3 is 1.93 bits per heavy atom. The van der Waals surface area contributed by atoms with E-state index in [2.05, 4.69) is 10.0 Å². The Morgan fingerprint density at radius 2 is 1.33 bits per heavy atom. The predicted molar refractivity (Wildman–Crippen MR) is 110 cm³/mol. The van der Waals surface area contributed by atoms with Crippen LogP contribution in [-0.4, -0.2) is 15.0 Å². The molecule has 5 heteroatoms. The van der Waals surface area contributed by atoms with Crippen molar-refractivity contribution in [1.29, 1.82) is 0 Å². The zero-order valence-corrected chi connectivity index (χ0v) is 16.3. The van der Waals surface area contributed by atoms with Crippen LogP contribution in [0.15, 0.2) is 83.8 Å². The van der Waals surface area contributed by atoms with Crippen molar-refractivity contribution >= 4 is 15.7 Å². The van der Waals surface area contributed by atoms with Gasteiger partial charge in [-0.15, -0.1) is 0 Å². The zero-order chi connectivity index (χ0) is 19.3. The lowest BCUT2D eigenvalue weighted by molar-refractivity contribution is 0.576. The van der Waals surface area contributed by atoms with Crippen molar-refractivity contribution in [2.75, 3.05) is 11.9 Å². The molecule has 27 heavy (non-hydrogen) atoms.